The molecule has 25 heavy (non-hydrogen) atoms. The lowest BCUT2D eigenvalue weighted by Gasteiger charge is -2.23. The summed E-state index contributed by atoms with van der Waals surface area (Å²) in [6.07, 6.45) is 0. The first-order valence-electron chi connectivity index (χ1n) is 8.29. The molecule has 3 aromatic rings. The summed E-state index contributed by atoms with van der Waals surface area (Å²) in [5.74, 6) is 3.14. The summed E-state index contributed by atoms with van der Waals surface area (Å²) < 4.78 is 5.27. The first-order chi connectivity index (χ1) is 12.2. The van der Waals surface area contributed by atoms with Gasteiger partial charge in [0.2, 0.25) is 0 Å². The van der Waals surface area contributed by atoms with Gasteiger partial charge in [0.25, 0.3) is 0 Å². The van der Waals surface area contributed by atoms with Crippen molar-refractivity contribution >= 4 is 23.0 Å². The standard InChI is InChI=1S/C20H22N4O/c1-4-24(17-10-6-5-7-11-17)20-14-19(21-15(2)22-20)23-16-9-8-12-18(13-16)25-3/h5-14H,4H2,1-3H3,(H,21,22,23). The van der Waals surface area contributed by atoms with Crippen LogP contribution in [-0.4, -0.2) is 23.6 Å². The van der Waals surface area contributed by atoms with Gasteiger partial charge in [0.15, 0.2) is 0 Å². The zero-order chi connectivity index (χ0) is 17.6. The van der Waals surface area contributed by atoms with Crippen molar-refractivity contribution < 1.29 is 4.74 Å². The van der Waals surface area contributed by atoms with Gasteiger partial charge in [-0.25, -0.2) is 9.97 Å². The molecule has 0 saturated carbocycles. The van der Waals surface area contributed by atoms with Gasteiger partial charge in [-0.1, -0.05) is 24.3 Å². The van der Waals surface area contributed by atoms with E-state index in [1.54, 1.807) is 7.11 Å². The first kappa shape index (κ1) is 16.8. The number of aryl methyl sites for hydroxylation is 1. The minimum Gasteiger partial charge on any atom is -0.497 e. The summed E-state index contributed by atoms with van der Waals surface area (Å²) in [6, 6.07) is 20.0. The highest BCUT2D eigenvalue weighted by molar-refractivity contribution is 5.65. The third-order valence-electron chi connectivity index (χ3n) is 3.83. The molecule has 0 aliphatic heterocycles. The van der Waals surface area contributed by atoms with Crippen LogP contribution in [0.25, 0.3) is 0 Å². The van der Waals surface area contributed by atoms with Gasteiger partial charge in [-0.3, -0.25) is 0 Å². The molecule has 128 valence electrons. The number of rotatable bonds is 6. The molecule has 0 aliphatic rings. The molecule has 1 aromatic heterocycles. The van der Waals surface area contributed by atoms with Crippen LogP contribution >= 0.6 is 0 Å². The zero-order valence-electron chi connectivity index (χ0n) is 14.7. The van der Waals surface area contributed by atoms with Crippen molar-refractivity contribution in [3.05, 3.63) is 66.5 Å². The van der Waals surface area contributed by atoms with Crippen molar-refractivity contribution in [3.63, 3.8) is 0 Å². The van der Waals surface area contributed by atoms with E-state index in [9.17, 15) is 0 Å². The van der Waals surface area contributed by atoms with E-state index in [2.05, 4.69) is 39.2 Å². The van der Waals surface area contributed by atoms with Gasteiger partial charge in [-0.05, 0) is 38.1 Å². The fourth-order valence-electron chi connectivity index (χ4n) is 2.69. The van der Waals surface area contributed by atoms with E-state index in [0.29, 0.717) is 0 Å². The molecule has 0 saturated heterocycles. The maximum absolute atomic E-state index is 5.27. The van der Waals surface area contributed by atoms with Crippen LogP contribution in [0.5, 0.6) is 5.75 Å². The highest BCUT2D eigenvalue weighted by atomic mass is 16.5. The van der Waals surface area contributed by atoms with E-state index in [1.165, 1.54) is 0 Å². The van der Waals surface area contributed by atoms with Crippen molar-refractivity contribution in [1.82, 2.24) is 9.97 Å². The summed E-state index contributed by atoms with van der Waals surface area (Å²) in [5.41, 5.74) is 2.03. The fourth-order valence-corrected chi connectivity index (χ4v) is 2.69. The number of anilines is 4. The van der Waals surface area contributed by atoms with Gasteiger partial charge in [0.05, 0.1) is 7.11 Å². The molecule has 3 rings (SSSR count). The average molecular weight is 334 g/mol. The number of hydrogen-bond acceptors (Lipinski definition) is 5. The Labute approximate surface area is 148 Å². The molecule has 0 spiro atoms. The van der Waals surface area contributed by atoms with Gasteiger partial charge in [0.1, 0.15) is 23.2 Å². The predicted molar refractivity (Wildman–Crippen MR) is 102 cm³/mol. The second kappa shape index (κ2) is 7.66. The Balaban J connectivity index is 1.92. The third kappa shape index (κ3) is 4.07. The zero-order valence-corrected chi connectivity index (χ0v) is 14.7. The van der Waals surface area contributed by atoms with Gasteiger partial charge in [-0.2, -0.15) is 0 Å². The molecule has 1 N–H and O–H groups in total. The number of aromatic nitrogens is 2. The first-order valence-corrected chi connectivity index (χ1v) is 8.29. The second-order valence-corrected chi connectivity index (χ2v) is 5.60. The normalized spacial score (nSPS) is 10.4. The number of para-hydroxylation sites is 1. The van der Waals surface area contributed by atoms with Crippen LogP contribution < -0.4 is 15.0 Å². The minimum atomic E-state index is 0.720. The predicted octanol–water partition coefficient (Wildman–Crippen LogP) is 4.70. The van der Waals surface area contributed by atoms with E-state index >= 15 is 0 Å². The molecule has 0 bridgehead atoms. The van der Waals surface area contributed by atoms with Crippen molar-refractivity contribution in [2.45, 2.75) is 13.8 Å². The van der Waals surface area contributed by atoms with Crippen LogP contribution in [0.1, 0.15) is 12.7 Å². The summed E-state index contributed by atoms with van der Waals surface area (Å²) in [4.78, 5) is 11.3. The average Bonchev–Trinajstić information content (AvgIpc) is 2.63. The van der Waals surface area contributed by atoms with Crippen LogP contribution in [0, 0.1) is 6.92 Å². The molecular weight excluding hydrogens is 312 g/mol. The van der Waals surface area contributed by atoms with Crippen LogP contribution in [0.15, 0.2) is 60.7 Å². The van der Waals surface area contributed by atoms with Crippen molar-refractivity contribution in [2.24, 2.45) is 0 Å². The summed E-state index contributed by atoms with van der Waals surface area (Å²) >= 11 is 0. The molecular formula is C20H22N4O. The Hall–Kier alpha value is -3.08. The fraction of sp³-hybridized carbons (Fsp3) is 0.200. The van der Waals surface area contributed by atoms with Crippen LogP contribution in [0.4, 0.5) is 23.0 Å². The minimum absolute atomic E-state index is 0.720. The number of benzene rings is 2. The Morgan fingerprint density at radius 1 is 1.00 bits per heavy atom. The highest BCUT2D eigenvalue weighted by Gasteiger charge is 2.11. The summed E-state index contributed by atoms with van der Waals surface area (Å²) in [6.45, 7) is 4.83. The third-order valence-corrected chi connectivity index (χ3v) is 3.83. The topological polar surface area (TPSA) is 50.3 Å². The van der Waals surface area contributed by atoms with E-state index in [4.69, 9.17) is 4.74 Å². The molecule has 5 heteroatoms. The second-order valence-electron chi connectivity index (χ2n) is 5.60. The Morgan fingerprint density at radius 3 is 2.52 bits per heavy atom. The molecule has 1 heterocycles. The number of nitrogens with zero attached hydrogens (tertiary/aromatic N) is 3. The summed E-state index contributed by atoms with van der Waals surface area (Å²) in [5, 5.41) is 3.33. The molecule has 5 nitrogen and oxygen atoms in total. The van der Waals surface area contributed by atoms with Gasteiger partial charge in [-0.15, -0.1) is 0 Å². The monoisotopic (exact) mass is 334 g/mol. The number of hydrogen-bond donors (Lipinski definition) is 1. The van der Waals surface area contributed by atoms with Crippen molar-refractivity contribution in [3.8, 4) is 5.75 Å². The van der Waals surface area contributed by atoms with E-state index < -0.39 is 0 Å². The Bertz CT molecular complexity index is 836. The van der Waals surface area contributed by atoms with E-state index in [-0.39, 0.29) is 0 Å². The lowest BCUT2D eigenvalue weighted by atomic mass is 10.2. The van der Waals surface area contributed by atoms with Crippen molar-refractivity contribution in [1.29, 1.82) is 0 Å². The molecule has 0 aliphatic carbocycles. The van der Waals surface area contributed by atoms with E-state index in [0.717, 1.165) is 41.1 Å². The van der Waals surface area contributed by atoms with Crippen LogP contribution in [0.3, 0.4) is 0 Å². The SMILES string of the molecule is CCN(c1ccccc1)c1cc(Nc2cccc(OC)c2)nc(C)n1. The summed E-state index contributed by atoms with van der Waals surface area (Å²) in [7, 11) is 1.66. The van der Waals surface area contributed by atoms with E-state index in [1.807, 2.05) is 55.5 Å². The molecule has 0 fully saturated rings. The number of methoxy groups -OCH3 is 1. The lowest BCUT2D eigenvalue weighted by Crippen LogP contribution is -2.18. The molecule has 2 aromatic carbocycles. The Kier molecular flexibility index (Phi) is 5.14. The van der Waals surface area contributed by atoms with Gasteiger partial charge in [0, 0.05) is 30.1 Å². The maximum atomic E-state index is 5.27. The molecule has 0 amide bonds. The number of nitrogens with one attached hydrogen (secondary N) is 1. The number of ether oxygens (including phenoxy) is 1. The van der Waals surface area contributed by atoms with Gasteiger partial charge >= 0.3 is 0 Å². The van der Waals surface area contributed by atoms with Crippen molar-refractivity contribution in [2.75, 3.05) is 23.9 Å². The molecule has 0 unspecified atom stereocenters. The quantitative estimate of drug-likeness (QED) is 0.708. The highest BCUT2D eigenvalue weighted by Crippen LogP contribution is 2.27. The largest absolute Gasteiger partial charge is 0.497 e. The smallest absolute Gasteiger partial charge is 0.138 e. The van der Waals surface area contributed by atoms with Gasteiger partial charge < -0.3 is 15.0 Å². The molecule has 0 atom stereocenters. The Morgan fingerprint density at radius 2 is 1.80 bits per heavy atom. The van der Waals surface area contributed by atoms with Crippen LogP contribution in [0.2, 0.25) is 0 Å². The maximum Gasteiger partial charge on any atom is 0.138 e. The molecule has 0 radical (unpaired) electrons. The lowest BCUT2D eigenvalue weighted by molar-refractivity contribution is 0.415. The van der Waals surface area contributed by atoms with Crippen LogP contribution in [-0.2, 0) is 0 Å².